The standard InChI is InChI=1S/C10H11NO3S/c11-4-6-1-2-8(12)7(3-6)10(14)9(13)5-15/h1-3,9-10,12-15H,5H2. The molecule has 0 spiro atoms. The predicted octanol–water partition coefficient (Wildman–Crippen LogP) is 0.588. The highest BCUT2D eigenvalue weighted by molar-refractivity contribution is 7.80. The van der Waals surface area contributed by atoms with Crippen molar-refractivity contribution in [2.24, 2.45) is 0 Å². The van der Waals surface area contributed by atoms with Crippen molar-refractivity contribution >= 4 is 12.6 Å². The molecule has 0 saturated carbocycles. The van der Waals surface area contributed by atoms with Crippen molar-refractivity contribution in [2.75, 3.05) is 5.75 Å². The monoisotopic (exact) mass is 225 g/mol. The Morgan fingerprint density at radius 2 is 2.07 bits per heavy atom. The number of thiol groups is 1. The number of rotatable bonds is 3. The van der Waals surface area contributed by atoms with Crippen molar-refractivity contribution in [2.45, 2.75) is 12.2 Å². The van der Waals surface area contributed by atoms with Crippen LogP contribution in [0.4, 0.5) is 0 Å². The molecular formula is C10H11NO3S. The van der Waals surface area contributed by atoms with Crippen LogP contribution in [0.2, 0.25) is 0 Å². The van der Waals surface area contributed by atoms with Crippen molar-refractivity contribution < 1.29 is 15.3 Å². The number of nitrogens with zero attached hydrogens (tertiary/aromatic N) is 1. The van der Waals surface area contributed by atoms with Crippen LogP contribution in [0.5, 0.6) is 5.75 Å². The van der Waals surface area contributed by atoms with Gasteiger partial charge in [0.05, 0.1) is 17.7 Å². The third kappa shape index (κ3) is 2.63. The predicted molar refractivity (Wildman–Crippen MR) is 57.6 cm³/mol. The van der Waals surface area contributed by atoms with E-state index >= 15 is 0 Å². The van der Waals surface area contributed by atoms with E-state index < -0.39 is 12.2 Å². The van der Waals surface area contributed by atoms with Gasteiger partial charge in [-0.2, -0.15) is 17.9 Å². The summed E-state index contributed by atoms with van der Waals surface area (Å²) >= 11 is 3.83. The zero-order valence-corrected chi connectivity index (χ0v) is 8.72. The quantitative estimate of drug-likeness (QED) is 0.567. The lowest BCUT2D eigenvalue weighted by Gasteiger charge is -2.17. The van der Waals surface area contributed by atoms with E-state index in [1.54, 1.807) is 0 Å². The van der Waals surface area contributed by atoms with Gasteiger partial charge in [-0.3, -0.25) is 0 Å². The van der Waals surface area contributed by atoms with E-state index in [1.807, 2.05) is 6.07 Å². The molecule has 0 bridgehead atoms. The third-order valence-electron chi connectivity index (χ3n) is 2.03. The Hall–Kier alpha value is -1.22. The molecule has 0 amide bonds. The Labute approximate surface area is 92.8 Å². The van der Waals surface area contributed by atoms with Crippen molar-refractivity contribution in [3.05, 3.63) is 29.3 Å². The smallest absolute Gasteiger partial charge is 0.121 e. The van der Waals surface area contributed by atoms with Gasteiger partial charge in [0.25, 0.3) is 0 Å². The first-order valence-electron chi connectivity index (χ1n) is 4.30. The molecule has 15 heavy (non-hydrogen) atoms. The van der Waals surface area contributed by atoms with Crippen LogP contribution in [0.15, 0.2) is 18.2 Å². The van der Waals surface area contributed by atoms with E-state index in [1.165, 1.54) is 18.2 Å². The molecule has 1 rings (SSSR count). The number of benzene rings is 1. The van der Waals surface area contributed by atoms with Gasteiger partial charge in [0, 0.05) is 11.3 Å². The fourth-order valence-corrected chi connectivity index (χ4v) is 1.37. The molecule has 0 fully saturated rings. The summed E-state index contributed by atoms with van der Waals surface area (Å²) in [6.07, 6.45) is -2.32. The molecule has 5 heteroatoms. The van der Waals surface area contributed by atoms with Crippen LogP contribution in [0.25, 0.3) is 0 Å². The number of nitriles is 1. The Kier molecular flexibility index (Phi) is 3.97. The maximum Gasteiger partial charge on any atom is 0.121 e. The molecule has 0 aliphatic carbocycles. The van der Waals surface area contributed by atoms with Crippen LogP contribution in [0.3, 0.4) is 0 Å². The van der Waals surface area contributed by atoms with Gasteiger partial charge in [0.2, 0.25) is 0 Å². The Morgan fingerprint density at radius 1 is 1.40 bits per heavy atom. The highest BCUT2D eigenvalue weighted by atomic mass is 32.1. The number of hydrogen-bond donors (Lipinski definition) is 4. The Bertz CT molecular complexity index is 389. The molecule has 4 nitrogen and oxygen atoms in total. The van der Waals surface area contributed by atoms with Gasteiger partial charge in [0.15, 0.2) is 0 Å². The lowest BCUT2D eigenvalue weighted by Crippen LogP contribution is -2.19. The van der Waals surface area contributed by atoms with Crippen LogP contribution < -0.4 is 0 Å². The normalized spacial score (nSPS) is 14.3. The minimum Gasteiger partial charge on any atom is -0.508 e. The summed E-state index contributed by atoms with van der Waals surface area (Å²) in [7, 11) is 0. The number of aliphatic hydroxyl groups is 2. The molecule has 2 atom stereocenters. The molecule has 0 aliphatic rings. The van der Waals surface area contributed by atoms with Crippen LogP contribution in [-0.4, -0.2) is 27.2 Å². The van der Waals surface area contributed by atoms with Gasteiger partial charge in [-0.15, -0.1) is 0 Å². The average Bonchev–Trinajstić information content (AvgIpc) is 2.27. The molecule has 2 unspecified atom stereocenters. The molecular weight excluding hydrogens is 214 g/mol. The largest absolute Gasteiger partial charge is 0.508 e. The average molecular weight is 225 g/mol. The van der Waals surface area contributed by atoms with Crippen molar-refractivity contribution in [1.82, 2.24) is 0 Å². The summed E-state index contributed by atoms with van der Waals surface area (Å²) in [5.41, 5.74) is 0.448. The van der Waals surface area contributed by atoms with Crippen LogP contribution in [0.1, 0.15) is 17.2 Å². The van der Waals surface area contributed by atoms with Crippen LogP contribution in [0, 0.1) is 11.3 Å². The summed E-state index contributed by atoms with van der Waals surface area (Å²) in [5, 5.41) is 37.0. The molecule has 80 valence electrons. The SMILES string of the molecule is N#Cc1ccc(O)c(C(O)C(O)CS)c1. The lowest BCUT2D eigenvalue weighted by atomic mass is 10.0. The van der Waals surface area contributed by atoms with E-state index in [4.69, 9.17) is 5.26 Å². The molecule has 0 saturated heterocycles. The molecule has 0 heterocycles. The number of phenols is 1. The molecule has 0 radical (unpaired) electrons. The number of aliphatic hydroxyl groups excluding tert-OH is 2. The van der Waals surface area contributed by atoms with E-state index in [9.17, 15) is 15.3 Å². The van der Waals surface area contributed by atoms with E-state index in [0.29, 0.717) is 5.56 Å². The van der Waals surface area contributed by atoms with Gasteiger partial charge in [-0.25, -0.2) is 0 Å². The van der Waals surface area contributed by atoms with Crippen molar-refractivity contribution in [3.8, 4) is 11.8 Å². The van der Waals surface area contributed by atoms with Crippen LogP contribution >= 0.6 is 12.6 Å². The zero-order chi connectivity index (χ0) is 11.4. The zero-order valence-electron chi connectivity index (χ0n) is 7.83. The summed E-state index contributed by atoms with van der Waals surface area (Å²) in [4.78, 5) is 0. The molecule has 1 aromatic rings. The fraction of sp³-hybridized carbons (Fsp3) is 0.300. The molecule has 0 aromatic heterocycles. The second-order valence-electron chi connectivity index (χ2n) is 3.08. The summed E-state index contributed by atoms with van der Waals surface area (Å²) in [6, 6.07) is 5.96. The van der Waals surface area contributed by atoms with Gasteiger partial charge in [-0.05, 0) is 18.2 Å². The summed E-state index contributed by atoms with van der Waals surface area (Å²) in [5.74, 6) is -0.0838. The molecule has 3 N–H and O–H groups in total. The van der Waals surface area contributed by atoms with Crippen LogP contribution in [-0.2, 0) is 0 Å². The Balaban J connectivity index is 3.07. The van der Waals surface area contributed by atoms with E-state index in [0.717, 1.165) is 0 Å². The van der Waals surface area contributed by atoms with E-state index in [2.05, 4.69) is 12.6 Å². The van der Waals surface area contributed by atoms with Crippen molar-refractivity contribution in [3.63, 3.8) is 0 Å². The van der Waals surface area contributed by atoms with Gasteiger partial charge >= 0.3 is 0 Å². The second-order valence-corrected chi connectivity index (χ2v) is 3.45. The first-order valence-corrected chi connectivity index (χ1v) is 4.93. The highest BCUT2D eigenvalue weighted by Crippen LogP contribution is 2.27. The molecule has 0 aliphatic heterocycles. The van der Waals surface area contributed by atoms with Gasteiger partial charge in [0.1, 0.15) is 11.9 Å². The number of hydrogen-bond acceptors (Lipinski definition) is 5. The highest BCUT2D eigenvalue weighted by Gasteiger charge is 2.20. The topological polar surface area (TPSA) is 84.5 Å². The maximum atomic E-state index is 9.62. The summed E-state index contributed by atoms with van der Waals surface area (Å²) < 4.78 is 0. The first-order chi connectivity index (χ1) is 7.10. The van der Waals surface area contributed by atoms with E-state index in [-0.39, 0.29) is 17.1 Å². The van der Waals surface area contributed by atoms with Gasteiger partial charge in [-0.1, -0.05) is 0 Å². The second kappa shape index (κ2) is 5.03. The lowest BCUT2D eigenvalue weighted by molar-refractivity contribution is 0.0323. The van der Waals surface area contributed by atoms with Gasteiger partial charge < -0.3 is 15.3 Å². The van der Waals surface area contributed by atoms with Crippen molar-refractivity contribution in [1.29, 1.82) is 5.26 Å². The Morgan fingerprint density at radius 3 is 2.60 bits per heavy atom. The first kappa shape index (κ1) is 11.9. The minimum absolute atomic E-state index is 0.0669. The minimum atomic E-state index is -1.24. The number of aromatic hydroxyl groups is 1. The fourth-order valence-electron chi connectivity index (χ4n) is 1.17. The summed E-state index contributed by atoms with van der Waals surface area (Å²) in [6.45, 7) is 0. The number of phenolic OH excluding ortho intramolecular Hbond substituents is 1. The third-order valence-corrected chi connectivity index (χ3v) is 2.40. The maximum absolute atomic E-state index is 9.62. The molecule has 1 aromatic carbocycles.